The fourth-order valence-corrected chi connectivity index (χ4v) is 1.47. The van der Waals surface area contributed by atoms with Crippen LogP contribution in [-0.2, 0) is 30.4 Å². The first-order valence-corrected chi connectivity index (χ1v) is 6.55. The molecule has 1 aromatic rings. The second-order valence-corrected chi connectivity index (χ2v) is 3.92. The number of hydrogen-bond acceptors (Lipinski definition) is 7. The molecule has 0 saturated heterocycles. The molecule has 0 aliphatic heterocycles. The number of aryl methyl sites for hydroxylation is 1. The highest BCUT2D eigenvalue weighted by atomic mass is 16.6. The van der Waals surface area contributed by atoms with Gasteiger partial charge in [0.2, 0.25) is 11.9 Å². The zero-order valence-electron chi connectivity index (χ0n) is 11.9. The molecule has 9 nitrogen and oxygen atoms in total. The van der Waals surface area contributed by atoms with Gasteiger partial charge in [0.15, 0.2) is 0 Å². The van der Waals surface area contributed by atoms with Gasteiger partial charge in [-0.3, -0.25) is 9.48 Å². The summed E-state index contributed by atoms with van der Waals surface area (Å²) in [5.41, 5.74) is 0. The molecule has 0 atom stereocenters. The van der Waals surface area contributed by atoms with Crippen molar-refractivity contribution in [2.75, 3.05) is 13.2 Å². The maximum Gasteiger partial charge on any atom is 0.340 e. The molecule has 0 aliphatic rings. The molecule has 1 rings (SSSR count). The molecule has 1 amide bonds. The number of nitrogens with zero attached hydrogens (tertiary/aromatic N) is 3. The average Bonchev–Trinajstić information content (AvgIpc) is 2.96. The van der Waals surface area contributed by atoms with Crippen LogP contribution in [0.3, 0.4) is 0 Å². The Labute approximate surface area is 121 Å². The number of esters is 2. The predicted octanol–water partition coefficient (Wildman–Crippen LogP) is -0.721. The Morgan fingerprint density at radius 3 is 2.29 bits per heavy atom. The third-order valence-electron chi connectivity index (χ3n) is 2.39. The number of ether oxygens (including phenoxy) is 2. The second-order valence-electron chi connectivity index (χ2n) is 3.92. The van der Waals surface area contributed by atoms with Crippen molar-refractivity contribution in [2.45, 2.75) is 32.9 Å². The summed E-state index contributed by atoms with van der Waals surface area (Å²) >= 11 is 0. The minimum absolute atomic E-state index is 0.0403. The fourth-order valence-electron chi connectivity index (χ4n) is 1.47. The Morgan fingerprint density at radius 2 is 1.81 bits per heavy atom. The van der Waals surface area contributed by atoms with Crippen molar-refractivity contribution in [3.8, 4) is 0 Å². The van der Waals surface area contributed by atoms with Crippen LogP contribution in [0.25, 0.3) is 0 Å². The monoisotopic (exact) mass is 298 g/mol. The van der Waals surface area contributed by atoms with Crippen molar-refractivity contribution < 1.29 is 23.9 Å². The summed E-state index contributed by atoms with van der Waals surface area (Å²) in [6.45, 7) is 3.69. The molecular weight excluding hydrogens is 280 g/mol. The van der Waals surface area contributed by atoms with Gasteiger partial charge in [-0.2, -0.15) is 0 Å². The highest BCUT2D eigenvalue weighted by molar-refractivity contribution is 6.02. The molecule has 0 spiro atoms. The molecule has 0 bridgehead atoms. The normalized spacial score (nSPS) is 10.2. The summed E-state index contributed by atoms with van der Waals surface area (Å²) in [4.78, 5) is 35.1. The number of rotatable bonds is 8. The molecule has 0 radical (unpaired) electrons. The van der Waals surface area contributed by atoms with E-state index in [9.17, 15) is 14.4 Å². The SMILES string of the molecule is CCOC(=O)C(NC(=O)CCn1ccnn1)C(=O)OCC. The summed E-state index contributed by atoms with van der Waals surface area (Å²) in [7, 11) is 0. The van der Waals surface area contributed by atoms with E-state index in [-0.39, 0.29) is 26.2 Å². The molecular formula is C12H18N4O5. The van der Waals surface area contributed by atoms with E-state index in [0.29, 0.717) is 0 Å². The standard InChI is InChI=1S/C12H18N4O5/c1-3-20-11(18)10(12(19)21-4-2)14-9(17)5-7-16-8-6-13-15-16/h6,8,10H,3-5,7H2,1-2H3,(H,14,17). The fraction of sp³-hybridized carbons (Fsp3) is 0.583. The number of carbonyl (C=O) groups is 3. The lowest BCUT2D eigenvalue weighted by Gasteiger charge is -2.15. The highest BCUT2D eigenvalue weighted by Crippen LogP contribution is 1.97. The van der Waals surface area contributed by atoms with E-state index in [1.165, 1.54) is 10.9 Å². The van der Waals surface area contributed by atoms with Gasteiger partial charge in [-0.15, -0.1) is 5.10 Å². The van der Waals surface area contributed by atoms with Crippen molar-refractivity contribution in [2.24, 2.45) is 0 Å². The topological polar surface area (TPSA) is 112 Å². The maximum atomic E-state index is 11.8. The number of aromatic nitrogens is 3. The van der Waals surface area contributed by atoms with Crippen LogP contribution in [0.5, 0.6) is 0 Å². The third-order valence-corrected chi connectivity index (χ3v) is 2.39. The van der Waals surface area contributed by atoms with Gasteiger partial charge in [0.25, 0.3) is 0 Å². The third kappa shape index (κ3) is 5.59. The lowest BCUT2D eigenvalue weighted by molar-refractivity contribution is -0.159. The minimum Gasteiger partial charge on any atom is -0.464 e. The van der Waals surface area contributed by atoms with Crippen molar-refractivity contribution in [1.29, 1.82) is 0 Å². The first-order chi connectivity index (χ1) is 10.1. The number of amides is 1. The molecule has 1 heterocycles. The lowest BCUT2D eigenvalue weighted by atomic mass is 10.2. The van der Waals surface area contributed by atoms with Crippen LogP contribution in [0, 0.1) is 0 Å². The zero-order chi connectivity index (χ0) is 15.7. The van der Waals surface area contributed by atoms with Crippen LogP contribution in [0.4, 0.5) is 0 Å². The van der Waals surface area contributed by atoms with E-state index in [4.69, 9.17) is 9.47 Å². The van der Waals surface area contributed by atoms with Gasteiger partial charge in [0.1, 0.15) is 0 Å². The number of carbonyl (C=O) groups excluding carboxylic acids is 3. The Morgan fingerprint density at radius 1 is 1.19 bits per heavy atom. The molecule has 0 aliphatic carbocycles. The smallest absolute Gasteiger partial charge is 0.340 e. The Kier molecular flexibility index (Phi) is 6.85. The average molecular weight is 298 g/mol. The van der Waals surface area contributed by atoms with Gasteiger partial charge >= 0.3 is 11.9 Å². The number of hydrogen-bond donors (Lipinski definition) is 1. The maximum absolute atomic E-state index is 11.8. The van der Waals surface area contributed by atoms with Crippen molar-refractivity contribution in [1.82, 2.24) is 20.3 Å². The van der Waals surface area contributed by atoms with Gasteiger partial charge in [0.05, 0.1) is 26.0 Å². The predicted molar refractivity (Wildman–Crippen MR) is 69.8 cm³/mol. The Hall–Kier alpha value is -2.45. The lowest BCUT2D eigenvalue weighted by Crippen LogP contribution is -2.48. The van der Waals surface area contributed by atoms with Gasteiger partial charge in [-0.05, 0) is 13.8 Å². The van der Waals surface area contributed by atoms with Crippen LogP contribution in [0.1, 0.15) is 20.3 Å². The van der Waals surface area contributed by atoms with Crippen LogP contribution in [0.15, 0.2) is 12.4 Å². The van der Waals surface area contributed by atoms with Crippen molar-refractivity contribution in [3.63, 3.8) is 0 Å². The largest absolute Gasteiger partial charge is 0.464 e. The first kappa shape index (κ1) is 16.6. The molecule has 1 N–H and O–H groups in total. The quantitative estimate of drug-likeness (QED) is 0.497. The van der Waals surface area contributed by atoms with E-state index in [2.05, 4.69) is 15.6 Å². The summed E-state index contributed by atoms with van der Waals surface area (Å²) < 4.78 is 10.9. The van der Waals surface area contributed by atoms with Crippen LogP contribution >= 0.6 is 0 Å². The number of nitrogens with one attached hydrogen (secondary N) is 1. The first-order valence-electron chi connectivity index (χ1n) is 6.55. The van der Waals surface area contributed by atoms with E-state index < -0.39 is 23.9 Å². The second kappa shape index (κ2) is 8.67. The van der Waals surface area contributed by atoms with Crippen LogP contribution in [0.2, 0.25) is 0 Å². The van der Waals surface area contributed by atoms with Crippen LogP contribution < -0.4 is 5.32 Å². The van der Waals surface area contributed by atoms with Crippen molar-refractivity contribution in [3.05, 3.63) is 12.4 Å². The molecule has 1 aromatic heterocycles. The zero-order valence-corrected chi connectivity index (χ0v) is 11.9. The molecule has 0 fully saturated rings. The molecule has 0 unspecified atom stereocenters. The van der Waals surface area contributed by atoms with Gasteiger partial charge < -0.3 is 14.8 Å². The molecule has 9 heteroatoms. The molecule has 116 valence electrons. The highest BCUT2D eigenvalue weighted by Gasteiger charge is 2.31. The molecule has 0 saturated carbocycles. The Bertz CT molecular complexity index is 456. The van der Waals surface area contributed by atoms with E-state index in [1.54, 1.807) is 20.0 Å². The summed E-state index contributed by atoms with van der Waals surface area (Å²) in [5.74, 6) is -2.17. The minimum atomic E-state index is -1.45. The van der Waals surface area contributed by atoms with Gasteiger partial charge in [-0.25, -0.2) is 9.59 Å². The molecule has 0 aromatic carbocycles. The summed E-state index contributed by atoms with van der Waals surface area (Å²) in [5, 5.41) is 9.60. The van der Waals surface area contributed by atoms with Gasteiger partial charge in [-0.1, -0.05) is 5.21 Å². The van der Waals surface area contributed by atoms with Crippen LogP contribution in [-0.4, -0.2) is 52.1 Å². The van der Waals surface area contributed by atoms with E-state index >= 15 is 0 Å². The van der Waals surface area contributed by atoms with Gasteiger partial charge in [0, 0.05) is 12.6 Å². The summed E-state index contributed by atoms with van der Waals surface area (Å²) in [6, 6.07) is -1.45. The molecule has 21 heavy (non-hydrogen) atoms. The van der Waals surface area contributed by atoms with E-state index in [0.717, 1.165) is 0 Å². The van der Waals surface area contributed by atoms with Crippen molar-refractivity contribution >= 4 is 17.8 Å². The van der Waals surface area contributed by atoms with E-state index in [1.807, 2.05) is 0 Å². The summed E-state index contributed by atoms with van der Waals surface area (Å²) in [6.07, 6.45) is 3.12. The Balaban J connectivity index is 2.55.